The molecule has 1 heterocycles. The third-order valence-electron chi connectivity index (χ3n) is 5.87. The first-order valence-corrected chi connectivity index (χ1v) is 10.2. The van der Waals surface area contributed by atoms with Crippen LogP contribution in [0.25, 0.3) is 0 Å². The number of aryl methyl sites for hydroxylation is 1. The van der Waals surface area contributed by atoms with E-state index in [2.05, 4.69) is 51.6 Å². The number of amides is 3. The molecule has 1 aromatic rings. The maximum atomic E-state index is 12.5. The number of carbonyl (C=O) groups is 2. The number of hydrogen-bond acceptors (Lipinski definition) is 4. The van der Waals surface area contributed by atoms with Gasteiger partial charge in [0.1, 0.15) is 0 Å². The molecule has 6 heteroatoms. The van der Waals surface area contributed by atoms with Crippen LogP contribution in [0.15, 0.2) is 24.3 Å². The lowest BCUT2D eigenvalue weighted by molar-refractivity contribution is -0.124. The van der Waals surface area contributed by atoms with Gasteiger partial charge in [-0.1, -0.05) is 37.5 Å². The topological polar surface area (TPSA) is 64.7 Å². The van der Waals surface area contributed by atoms with E-state index >= 15 is 0 Å². The Morgan fingerprint density at radius 2 is 1.70 bits per heavy atom. The van der Waals surface area contributed by atoms with Gasteiger partial charge in [-0.05, 0) is 38.3 Å². The minimum absolute atomic E-state index is 0.208. The van der Waals surface area contributed by atoms with E-state index in [1.165, 1.54) is 17.7 Å². The average molecular weight is 373 g/mol. The van der Waals surface area contributed by atoms with Crippen molar-refractivity contribution in [2.75, 3.05) is 31.1 Å². The summed E-state index contributed by atoms with van der Waals surface area (Å²) in [6, 6.07) is 7.95. The molecule has 2 aliphatic rings. The van der Waals surface area contributed by atoms with Gasteiger partial charge in [-0.15, -0.1) is 0 Å². The molecule has 2 fully saturated rings. The fraction of sp³-hybridized carbons (Fsp3) is 0.619. The monoisotopic (exact) mass is 372 g/mol. The summed E-state index contributed by atoms with van der Waals surface area (Å²) < 4.78 is 0. The Kier molecular flexibility index (Phi) is 6.72. The Morgan fingerprint density at radius 1 is 1.04 bits per heavy atom. The number of anilines is 1. The van der Waals surface area contributed by atoms with Crippen molar-refractivity contribution in [2.45, 2.75) is 58.0 Å². The summed E-state index contributed by atoms with van der Waals surface area (Å²) in [5, 5.41) is 5.48. The maximum Gasteiger partial charge on any atom is 0.321 e. The standard InChI is InChI=1S/C21H32N4O2/c1-16-8-6-7-11-19(16)25-14-12-24(13-15-25)17(2)20(26)23-21(27)22-18-9-4-3-5-10-18/h6-8,11,17-18H,3-5,9-10,12-15H2,1-2H3,(H2,22,23,26,27)/t17-/m0/s1. The fourth-order valence-corrected chi connectivity index (χ4v) is 4.12. The lowest BCUT2D eigenvalue weighted by atomic mass is 9.96. The second kappa shape index (κ2) is 9.22. The van der Waals surface area contributed by atoms with Crippen LogP contribution in [0.4, 0.5) is 10.5 Å². The normalized spacial score (nSPS) is 20.1. The molecular formula is C21H32N4O2. The quantitative estimate of drug-likeness (QED) is 0.853. The van der Waals surface area contributed by atoms with E-state index in [0.717, 1.165) is 51.9 Å². The summed E-state index contributed by atoms with van der Waals surface area (Å²) in [7, 11) is 0. The second-order valence-corrected chi connectivity index (χ2v) is 7.78. The van der Waals surface area contributed by atoms with E-state index in [9.17, 15) is 9.59 Å². The molecule has 1 atom stereocenters. The van der Waals surface area contributed by atoms with Gasteiger partial charge in [0.2, 0.25) is 5.91 Å². The summed E-state index contributed by atoms with van der Waals surface area (Å²) in [4.78, 5) is 29.1. The zero-order valence-electron chi connectivity index (χ0n) is 16.5. The summed E-state index contributed by atoms with van der Waals surface area (Å²) in [6.45, 7) is 7.41. The van der Waals surface area contributed by atoms with Gasteiger partial charge in [0.25, 0.3) is 0 Å². The van der Waals surface area contributed by atoms with Crippen molar-refractivity contribution >= 4 is 17.6 Å². The van der Waals surface area contributed by atoms with E-state index in [1.807, 2.05) is 6.92 Å². The van der Waals surface area contributed by atoms with Crippen LogP contribution in [0.3, 0.4) is 0 Å². The Labute approximate surface area is 162 Å². The molecule has 27 heavy (non-hydrogen) atoms. The second-order valence-electron chi connectivity index (χ2n) is 7.78. The molecule has 3 rings (SSSR count). The van der Waals surface area contributed by atoms with Crippen molar-refractivity contribution in [1.29, 1.82) is 0 Å². The molecule has 1 aliphatic heterocycles. The predicted molar refractivity (Wildman–Crippen MR) is 108 cm³/mol. The first-order valence-electron chi connectivity index (χ1n) is 10.2. The number of nitrogens with one attached hydrogen (secondary N) is 2. The van der Waals surface area contributed by atoms with Gasteiger partial charge in [0.05, 0.1) is 6.04 Å². The van der Waals surface area contributed by atoms with Crippen molar-refractivity contribution in [1.82, 2.24) is 15.5 Å². The van der Waals surface area contributed by atoms with E-state index < -0.39 is 0 Å². The van der Waals surface area contributed by atoms with Crippen molar-refractivity contribution in [3.8, 4) is 0 Å². The third kappa shape index (κ3) is 5.22. The number of urea groups is 1. The molecule has 6 nitrogen and oxygen atoms in total. The number of benzene rings is 1. The highest BCUT2D eigenvalue weighted by atomic mass is 16.2. The van der Waals surface area contributed by atoms with Gasteiger partial charge < -0.3 is 10.2 Å². The smallest absolute Gasteiger partial charge is 0.321 e. The maximum absolute atomic E-state index is 12.5. The Bertz CT molecular complexity index is 649. The highest BCUT2D eigenvalue weighted by Crippen LogP contribution is 2.21. The number of carbonyl (C=O) groups excluding carboxylic acids is 2. The number of para-hydroxylation sites is 1. The zero-order chi connectivity index (χ0) is 19.2. The minimum atomic E-state index is -0.350. The van der Waals surface area contributed by atoms with Crippen LogP contribution in [0, 0.1) is 6.92 Å². The summed E-state index contributed by atoms with van der Waals surface area (Å²) in [6.07, 6.45) is 5.57. The molecule has 1 saturated carbocycles. The highest BCUT2D eigenvalue weighted by Gasteiger charge is 2.27. The van der Waals surface area contributed by atoms with E-state index in [4.69, 9.17) is 0 Å². The molecule has 3 amide bonds. The van der Waals surface area contributed by atoms with Gasteiger partial charge >= 0.3 is 6.03 Å². The first kappa shape index (κ1) is 19.7. The number of imide groups is 1. The van der Waals surface area contributed by atoms with E-state index in [0.29, 0.717) is 0 Å². The minimum Gasteiger partial charge on any atom is -0.369 e. The Hall–Kier alpha value is -2.08. The van der Waals surface area contributed by atoms with Gasteiger partial charge in [0, 0.05) is 37.9 Å². The third-order valence-corrected chi connectivity index (χ3v) is 5.87. The van der Waals surface area contributed by atoms with E-state index in [1.54, 1.807) is 0 Å². The zero-order valence-corrected chi connectivity index (χ0v) is 16.5. The number of rotatable bonds is 4. The molecule has 0 unspecified atom stereocenters. The van der Waals surface area contributed by atoms with Crippen LogP contribution in [0.1, 0.15) is 44.6 Å². The van der Waals surface area contributed by atoms with E-state index in [-0.39, 0.29) is 24.0 Å². The summed E-state index contributed by atoms with van der Waals surface area (Å²) in [5.74, 6) is -0.215. The Balaban J connectivity index is 1.45. The highest BCUT2D eigenvalue weighted by molar-refractivity contribution is 5.96. The molecule has 2 N–H and O–H groups in total. The molecule has 148 valence electrons. The van der Waals surface area contributed by atoms with Crippen molar-refractivity contribution < 1.29 is 9.59 Å². The molecular weight excluding hydrogens is 340 g/mol. The van der Waals surface area contributed by atoms with Gasteiger partial charge in [0.15, 0.2) is 0 Å². The van der Waals surface area contributed by atoms with Gasteiger partial charge in [-0.25, -0.2) is 4.79 Å². The molecule has 1 aliphatic carbocycles. The van der Waals surface area contributed by atoms with Gasteiger partial charge in [-0.3, -0.25) is 15.0 Å². The molecule has 0 aromatic heterocycles. The van der Waals surface area contributed by atoms with Crippen LogP contribution < -0.4 is 15.5 Å². The van der Waals surface area contributed by atoms with Crippen LogP contribution in [-0.4, -0.2) is 55.1 Å². The van der Waals surface area contributed by atoms with Gasteiger partial charge in [-0.2, -0.15) is 0 Å². The number of hydrogen-bond donors (Lipinski definition) is 2. The molecule has 1 aromatic carbocycles. The molecule has 1 saturated heterocycles. The largest absolute Gasteiger partial charge is 0.369 e. The summed E-state index contributed by atoms with van der Waals surface area (Å²) in [5.41, 5.74) is 2.54. The fourth-order valence-electron chi connectivity index (χ4n) is 4.12. The molecule has 0 spiro atoms. The number of piperazine rings is 1. The van der Waals surface area contributed by atoms with Crippen LogP contribution in [0.2, 0.25) is 0 Å². The lowest BCUT2D eigenvalue weighted by Crippen LogP contribution is -2.56. The van der Waals surface area contributed by atoms with Crippen molar-refractivity contribution in [3.05, 3.63) is 29.8 Å². The lowest BCUT2D eigenvalue weighted by Gasteiger charge is -2.39. The van der Waals surface area contributed by atoms with Crippen molar-refractivity contribution in [2.24, 2.45) is 0 Å². The molecule has 0 bridgehead atoms. The average Bonchev–Trinajstić information content (AvgIpc) is 2.68. The van der Waals surface area contributed by atoms with Crippen LogP contribution in [-0.2, 0) is 4.79 Å². The van der Waals surface area contributed by atoms with Crippen molar-refractivity contribution in [3.63, 3.8) is 0 Å². The number of nitrogens with zero attached hydrogens (tertiary/aromatic N) is 2. The van der Waals surface area contributed by atoms with Crippen LogP contribution >= 0.6 is 0 Å². The SMILES string of the molecule is Cc1ccccc1N1CCN([C@@H](C)C(=O)NC(=O)NC2CCCCC2)CC1. The van der Waals surface area contributed by atoms with Crippen LogP contribution in [0.5, 0.6) is 0 Å². The first-order chi connectivity index (χ1) is 13.0. The molecule has 0 radical (unpaired) electrons. The predicted octanol–water partition coefficient (Wildman–Crippen LogP) is 2.66. The summed E-state index contributed by atoms with van der Waals surface area (Å²) >= 11 is 0. The Morgan fingerprint density at radius 3 is 2.37 bits per heavy atom.